The lowest BCUT2D eigenvalue weighted by Crippen LogP contribution is -2.11. The Bertz CT molecular complexity index is 343. The van der Waals surface area contributed by atoms with Crippen LogP contribution in [0.4, 0.5) is 5.82 Å². The molecule has 4 nitrogen and oxygen atoms in total. The molecule has 0 saturated carbocycles. The van der Waals surface area contributed by atoms with Crippen LogP contribution in [0.15, 0.2) is 4.99 Å². The first kappa shape index (κ1) is 7.21. The number of nitrogens with one attached hydrogen (secondary N) is 1. The van der Waals surface area contributed by atoms with E-state index in [-0.39, 0.29) is 0 Å². The van der Waals surface area contributed by atoms with Crippen molar-refractivity contribution in [3.63, 3.8) is 0 Å². The Morgan fingerprint density at radius 3 is 3.00 bits per heavy atom. The zero-order chi connectivity index (χ0) is 8.55. The summed E-state index contributed by atoms with van der Waals surface area (Å²) in [5.74, 6) is 1.70. The first-order valence-corrected chi connectivity index (χ1v) is 3.86. The average Bonchev–Trinajstić information content (AvgIpc) is 2.04. The molecule has 0 radical (unpaired) electrons. The fraction of sp³-hybridized carbons (Fsp3) is 0.375. The third kappa shape index (κ3) is 1.05. The van der Waals surface area contributed by atoms with Crippen molar-refractivity contribution >= 4 is 12.2 Å². The molecule has 1 N–H and O–H groups in total. The van der Waals surface area contributed by atoms with E-state index in [2.05, 4.69) is 20.3 Å². The van der Waals surface area contributed by atoms with Crippen molar-refractivity contribution in [2.24, 2.45) is 4.99 Å². The largest absolute Gasteiger partial charge is 0.331 e. The van der Waals surface area contributed by atoms with E-state index in [1.54, 1.807) is 6.34 Å². The van der Waals surface area contributed by atoms with Crippen molar-refractivity contribution in [2.45, 2.75) is 20.4 Å². The molecule has 0 unspecified atom stereocenters. The van der Waals surface area contributed by atoms with Gasteiger partial charge in [0.15, 0.2) is 0 Å². The molecule has 0 atom stereocenters. The summed E-state index contributed by atoms with van der Waals surface area (Å²) in [6.45, 7) is 4.56. The van der Waals surface area contributed by atoms with Crippen molar-refractivity contribution in [2.75, 3.05) is 5.32 Å². The number of nitrogens with zero attached hydrogens (tertiary/aromatic N) is 3. The number of rotatable bonds is 0. The highest BCUT2D eigenvalue weighted by Gasteiger charge is 2.10. The standard InChI is InChI=1S/C8H10N4/c1-5-7-3-9-4-10-8(7)12-6(2)11-5/h4H,3H2,1-2H3,(H,9,10,11,12). The number of hydrogen-bond donors (Lipinski definition) is 1. The van der Waals surface area contributed by atoms with Crippen molar-refractivity contribution < 1.29 is 0 Å². The highest BCUT2D eigenvalue weighted by atomic mass is 15.1. The second kappa shape index (κ2) is 2.55. The first-order valence-electron chi connectivity index (χ1n) is 3.86. The van der Waals surface area contributed by atoms with E-state index in [1.165, 1.54) is 0 Å². The Balaban J connectivity index is 2.57. The van der Waals surface area contributed by atoms with Crippen LogP contribution < -0.4 is 5.32 Å². The Hall–Kier alpha value is -1.45. The summed E-state index contributed by atoms with van der Waals surface area (Å²) < 4.78 is 0. The molecular formula is C8H10N4. The van der Waals surface area contributed by atoms with Crippen LogP contribution in [-0.4, -0.2) is 16.3 Å². The lowest BCUT2D eigenvalue weighted by atomic mass is 10.2. The van der Waals surface area contributed by atoms with E-state index in [9.17, 15) is 0 Å². The molecule has 4 heteroatoms. The maximum atomic E-state index is 4.26. The van der Waals surface area contributed by atoms with Gasteiger partial charge in [0, 0.05) is 11.3 Å². The van der Waals surface area contributed by atoms with Gasteiger partial charge in [-0.1, -0.05) is 0 Å². The van der Waals surface area contributed by atoms with Crippen LogP contribution in [0.25, 0.3) is 0 Å². The minimum Gasteiger partial charge on any atom is -0.331 e. The topological polar surface area (TPSA) is 50.2 Å². The molecule has 1 aliphatic heterocycles. The van der Waals surface area contributed by atoms with Gasteiger partial charge >= 0.3 is 0 Å². The molecule has 0 bridgehead atoms. The second-order valence-corrected chi connectivity index (χ2v) is 2.80. The van der Waals surface area contributed by atoms with E-state index >= 15 is 0 Å². The van der Waals surface area contributed by atoms with Gasteiger partial charge < -0.3 is 5.32 Å². The van der Waals surface area contributed by atoms with Crippen molar-refractivity contribution in [3.8, 4) is 0 Å². The predicted molar refractivity (Wildman–Crippen MR) is 47.3 cm³/mol. The Labute approximate surface area is 70.8 Å². The fourth-order valence-electron chi connectivity index (χ4n) is 1.29. The first-order chi connectivity index (χ1) is 5.77. The van der Waals surface area contributed by atoms with Gasteiger partial charge in [-0.3, -0.25) is 4.99 Å². The Morgan fingerprint density at radius 1 is 1.33 bits per heavy atom. The molecule has 0 aliphatic carbocycles. The number of hydrogen-bond acceptors (Lipinski definition) is 4. The quantitative estimate of drug-likeness (QED) is 0.620. The molecule has 0 spiro atoms. The van der Waals surface area contributed by atoms with Gasteiger partial charge in [0.1, 0.15) is 11.6 Å². The molecule has 62 valence electrons. The highest BCUT2D eigenvalue weighted by molar-refractivity contribution is 5.77. The minimum atomic E-state index is 0.689. The number of fused-ring (bicyclic) bond motifs is 1. The zero-order valence-corrected chi connectivity index (χ0v) is 7.13. The second-order valence-electron chi connectivity index (χ2n) is 2.80. The molecule has 0 fully saturated rings. The molecular weight excluding hydrogens is 152 g/mol. The van der Waals surface area contributed by atoms with Crippen LogP contribution in [0.2, 0.25) is 0 Å². The van der Waals surface area contributed by atoms with Crippen LogP contribution in [0.1, 0.15) is 17.1 Å². The molecule has 0 amide bonds. The van der Waals surface area contributed by atoms with Gasteiger partial charge in [-0.05, 0) is 13.8 Å². The van der Waals surface area contributed by atoms with Gasteiger partial charge in [-0.15, -0.1) is 0 Å². The van der Waals surface area contributed by atoms with Crippen LogP contribution >= 0.6 is 0 Å². The smallest absolute Gasteiger partial charge is 0.140 e. The van der Waals surface area contributed by atoms with Crippen molar-refractivity contribution in [1.82, 2.24) is 9.97 Å². The van der Waals surface area contributed by atoms with Crippen molar-refractivity contribution in [1.29, 1.82) is 0 Å². The van der Waals surface area contributed by atoms with Gasteiger partial charge in [-0.25, -0.2) is 9.97 Å². The lowest BCUT2D eigenvalue weighted by Gasteiger charge is -2.13. The van der Waals surface area contributed by atoms with E-state index in [4.69, 9.17) is 0 Å². The van der Waals surface area contributed by atoms with Crippen LogP contribution in [0.3, 0.4) is 0 Å². The van der Waals surface area contributed by atoms with Gasteiger partial charge in [0.25, 0.3) is 0 Å². The molecule has 2 heterocycles. The number of aromatic nitrogens is 2. The predicted octanol–water partition coefficient (Wildman–Crippen LogP) is 1.05. The maximum Gasteiger partial charge on any atom is 0.140 e. The van der Waals surface area contributed by atoms with E-state index < -0.39 is 0 Å². The molecule has 0 aromatic carbocycles. The third-order valence-corrected chi connectivity index (χ3v) is 1.87. The van der Waals surface area contributed by atoms with Crippen LogP contribution in [0.5, 0.6) is 0 Å². The Morgan fingerprint density at radius 2 is 2.17 bits per heavy atom. The molecule has 1 aromatic rings. The zero-order valence-electron chi connectivity index (χ0n) is 7.13. The summed E-state index contributed by atoms with van der Waals surface area (Å²) in [6, 6.07) is 0. The highest BCUT2D eigenvalue weighted by Crippen LogP contribution is 2.18. The molecule has 1 aliphatic rings. The lowest BCUT2D eigenvalue weighted by molar-refractivity contribution is 0.928. The van der Waals surface area contributed by atoms with Crippen LogP contribution in [0, 0.1) is 13.8 Å². The summed E-state index contributed by atoms with van der Waals surface area (Å²) in [7, 11) is 0. The third-order valence-electron chi connectivity index (χ3n) is 1.87. The SMILES string of the molecule is Cc1nc(C)c2c(n1)NC=NC2. The summed E-state index contributed by atoms with van der Waals surface area (Å²) in [6.07, 6.45) is 1.67. The van der Waals surface area contributed by atoms with Gasteiger partial charge in [-0.2, -0.15) is 0 Å². The van der Waals surface area contributed by atoms with Gasteiger partial charge in [0.05, 0.1) is 12.9 Å². The van der Waals surface area contributed by atoms with E-state index in [0.29, 0.717) is 6.54 Å². The van der Waals surface area contributed by atoms with E-state index in [1.807, 2.05) is 13.8 Å². The van der Waals surface area contributed by atoms with Gasteiger partial charge in [0.2, 0.25) is 0 Å². The van der Waals surface area contributed by atoms with Crippen LogP contribution in [-0.2, 0) is 6.54 Å². The molecule has 1 aromatic heterocycles. The number of anilines is 1. The number of aryl methyl sites for hydroxylation is 2. The molecule has 2 rings (SSSR count). The molecule has 0 saturated heterocycles. The summed E-state index contributed by atoms with van der Waals surface area (Å²) in [4.78, 5) is 12.6. The van der Waals surface area contributed by atoms with E-state index in [0.717, 1.165) is 22.9 Å². The molecule has 12 heavy (non-hydrogen) atoms. The summed E-state index contributed by atoms with van der Waals surface area (Å²) >= 11 is 0. The Kier molecular flexibility index (Phi) is 1.53. The maximum absolute atomic E-state index is 4.26. The monoisotopic (exact) mass is 162 g/mol. The summed E-state index contributed by atoms with van der Waals surface area (Å²) in [5, 5.41) is 3.00. The fourth-order valence-corrected chi connectivity index (χ4v) is 1.29. The minimum absolute atomic E-state index is 0.689. The van der Waals surface area contributed by atoms with Crippen molar-refractivity contribution in [3.05, 3.63) is 17.1 Å². The number of aliphatic imine (C=N–C) groups is 1. The normalized spacial score (nSPS) is 13.8. The average molecular weight is 162 g/mol. The summed E-state index contributed by atoms with van der Waals surface area (Å²) in [5.41, 5.74) is 2.12.